The lowest BCUT2D eigenvalue weighted by atomic mass is 10.2. The summed E-state index contributed by atoms with van der Waals surface area (Å²) in [6, 6.07) is 12.4. The second kappa shape index (κ2) is 9.22. The van der Waals surface area contributed by atoms with Gasteiger partial charge in [0, 0.05) is 6.20 Å². The van der Waals surface area contributed by atoms with E-state index in [9.17, 15) is 22.4 Å². The van der Waals surface area contributed by atoms with Gasteiger partial charge in [0.1, 0.15) is 22.3 Å². The van der Waals surface area contributed by atoms with Crippen molar-refractivity contribution in [2.24, 2.45) is 0 Å². The molecule has 0 unspecified atom stereocenters. The molecule has 0 fully saturated rings. The highest BCUT2D eigenvalue weighted by Crippen LogP contribution is 2.34. The Morgan fingerprint density at radius 1 is 1.10 bits per heavy atom. The third kappa shape index (κ3) is 5.85. The van der Waals surface area contributed by atoms with Crippen molar-refractivity contribution in [2.75, 3.05) is 5.32 Å². The Hall–Kier alpha value is -3.33. The van der Waals surface area contributed by atoms with Crippen molar-refractivity contribution in [3.63, 3.8) is 0 Å². The van der Waals surface area contributed by atoms with Crippen LogP contribution in [0.5, 0.6) is 17.4 Å². The van der Waals surface area contributed by atoms with Crippen LogP contribution in [0.3, 0.4) is 0 Å². The highest BCUT2D eigenvalue weighted by atomic mass is 35.5. The third-order valence-corrected chi connectivity index (χ3v) is 4.26. The van der Waals surface area contributed by atoms with E-state index < -0.39 is 29.6 Å². The van der Waals surface area contributed by atoms with Crippen LogP contribution in [0.25, 0.3) is 0 Å². The van der Waals surface area contributed by atoms with Gasteiger partial charge in [0.25, 0.3) is 5.91 Å². The van der Waals surface area contributed by atoms with E-state index in [1.165, 1.54) is 49.4 Å². The smallest absolute Gasteiger partial charge is 0.417 e. The lowest BCUT2D eigenvalue weighted by Gasteiger charge is -2.15. The summed E-state index contributed by atoms with van der Waals surface area (Å²) in [6.07, 6.45) is -4.88. The number of carbonyl (C=O) groups is 1. The number of hydrogen-bond donors (Lipinski definition) is 1. The molecule has 1 amide bonds. The molecule has 2 aromatic carbocycles. The number of pyridine rings is 1. The first-order valence-corrected chi connectivity index (χ1v) is 9.24. The number of alkyl halides is 3. The number of carbonyl (C=O) groups excluding carboxylic acids is 1. The molecule has 5 nitrogen and oxygen atoms in total. The Morgan fingerprint density at radius 3 is 2.35 bits per heavy atom. The number of nitrogens with zero attached hydrogens (tertiary/aromatic N) is 1. The predicted octanol–water partition coefficient (Wildman–Crippen LogP) is 6.09. The minimum Gasteiger partial charge on any atom is -0.481 e. The summed E-state index contributed by atoms with van der Waals surface area (Å²) in [5.41, 5.74) is -0.955. The summed E-state index contributed by atoms with van der Waals surface area (Å²) in [5, 5.41) is 2.13. The van der Waals surface area contributed by atoms with Gasteiger partial charge in [0.05, 0.1) is 11.3 Å². The number of amides is 1. The summed E-state index contributed by atoms with van der Waals surface area (Å²) in [7, 11) is 0. The van der Waals surface area contributed by atoms with Crippen molar-refractivity contribution in [3.8, 4) is 17.4 Å². The van der Waals surface area contributed by atoms with Crippen LogP contribution in [0.15, 0.2) is 60.8 Å². The van der Waals surface area contributed by atoms with Crippen molar-refractivity contribution in [1.29, 1.82) is 0 Å². The molecule has 3 aromatic rings. The maximum Gasteiger partial charge on any atom is 0.417 e. The van der Waals surface area contributed by atoms with E-state index >= 15 is 0 Å². The van der Waals surface area contributed by atoms with Crippen molar-refractivity contribution >= 4 is 23.2 Å². The Morgan fingerprint density at radius 2 is 1.74 bits per heavy atom. The number of benzene rings is 2. The Kier molecular flexibility index (Phi) is 6.65. The predicted molar refractivity (Wildman–Crippen MR) is 106 cm³/mol. The normalized spacial score (nSPS) is 12.2. The van der Waals surface area contributed by atoms with Crippen LogP contribution in [0.2, 0.25) is 5.02 Å². The molecule has 31 heavy (non-hydrogen) atoms. The van der Waals surface area contributed by atoms with Crippen LogP contribution in [0.1, 0.15) is 12.5 Å². The van der Waals surface area contributed by atoms with E-state index in [1.807, 2.05) is 0 Å². The van der Waals surface area contributed by atoms with Crippen LogP contribution in [-0.4, -0.2) is 17.0 Å². The zero-order valence-electron chi connectivity index (χ0n) is 15.9. The standard InChI is InChI=1S/C21H15ClF4N2O3/c1-12(19(29)28-18-5-3-2-4-17(18)23)30-14-6-8-15(9-7-14)31-20-16(22)10-13(11-27-20)21(24,25)26/h2-12H,1H3,(H,28,29)/t12-/m1/s1. The molecular weight excluding hydrogens is 440 g/mol. The molecule has 0 saturated carbocycles. The van der Waals surface area contributed by atoms with Crippen molar-refractivity contribution in [2.45, 2.75) is 19.2 Å². The van der Waals surface area contributed by atoms with Crippen molar-refractivity contribution < 1.29 is 31.8 Å². The Balaban J connectivity index is 1.61. The van der Waals surface area contributed by atoms with Crippen LogP contribution < -0.4 is 14.8 Å². The average Bonchev–Trinajstić information content (AvgIpc) is 2.71. The first kappa shape index (κ1) is 22.4. The van der Waals surface area contributed by atoms with Crippen molar-refractivity contribution in [1.82, 2.24) is 4.98 Å². The average molecular weight is 455 g/mol. The lowest BCUT2D eigenvalue weighted by Crippen LogP contribution is -2.30. The molecule has 3 rings (SSSR count). The van der Waals surface area contributed by atoms with E-state index in [1.54, 1.807) is 6.07 Å². The minimum absolute atomic E-state index is 0.0348. The van der Waals surface area contributed by atoms with E-state index in [2.05, 4.69) is 10.3 Å². The fraction of sp³-hybridized carbons (Fsp3) is 0.143. The fourth-order valence-electron chi connectivity index (χ4n) is 2.41. The number of para-hydroxylation sites is 1. The number of nitrogens with one attached hydrogen (secondary N) is 1. The van der Waals surface area contributed by atoms with Crippen LogP contribution in [0, 0.1) is 5.82 Å². The summed E-state index contributed by atoms with van der Waals surface area (Å²) < 4.78 is 62.6. The largest absolute Gasteiger partial charge is 0.481 e. The lowest BCUT2D eigenvalue weighted by molar-refractivity contribution is -0.137. The second-order valence-corrected chi connectivity index (χ2v) is 6.72. The third-order valence-electron chi connectivity index (χ3n) is 3.99. The number of ether oxygens (including phenoxy) is 2. The monoisotopic (exact) mass is 454 g/mol. The molecule has 1 N–H and O–H groups in total. The molecular formula is C21H15ClF4N2O3. The molecule has 1 aromatic heterocycles. The maximum atomic E-state index is 13.6. The molecule has 0 aliphatic carbocycles. The number of hydrogen-bond acceptors (Lipinski definition) is 4. The number of aromatic nitrogens is 1. The molecule has 10 heteroatoms. The molecule has 0 bridgehead atoms. The van der Waals surface area contributed by atoms with Gasteiger partial charge in [-0.25, -0.2) is 9.37 Å². The van der Waals surface area contributed by atoms with E-state index in [0.29, 0.717) is 11.9 Å². The zero-order chi connectivity index (χ0) is 22.6. The van der Waals surface area contributed by atoms with E-state index in [0.717, 1.165) is 6.07 Å². The molecule has 1 atom stereocenters. The molecule has 1 heterocycles. The van der Waals surface area contributed by atoms with Gasteiger partial charge < -0.3 is 14.8 Å². The van der Waals surface area contributed by atoms with Gasteiger partial charge in [-0.05, 0) is 49.4 Å². The van der Waals surface area contributed by atoms with Gasteiger partial charge in [-0.2, -0.15) is 13.2 Å². The fourth-order valence-corrected chi connectivity index (χ4v) is 2.61. The summed E-state index contributed by atoms with van der Waals surface area (Å²) >= 11 is 5.81. The van der Waals surface area contributed by atoms with Crippen LogP contribution in [-0.2, 0) is 11.0 Å². The summed E-state index contributed by atoms with van der Waals surface area (Å²) in [5.74, 6) is -0.757. The topological polar surface area (TPSA) is 60.5 Å². The molecule has 0 spiro atoms. The van der Waals surface area contributed by atoms with Crippen molar-refractivity contribution in [3.05, 3.63) is 77.2 Å². The van der Waals surface area contributed by atoms with E-state index in [-0.39, 0.29) is 22.3 Å². The zero-order valence-corrected chi connectivity index (χ0v) is 16.7. The Labute approximate surface area is 179 Å². The number of rotatable bonds is 6. The molecule has 0 radical (unpaired) electrons. The summed E-state index contributed by atoms with van der Waals surface area (Å²) in [6.45, 7) is 1.49. The maximum absolute atomic E-state index is 13.6. The minimum atomic E-state index is -4.57. The SMILES string of the molecule is C[C@@H](Oc1ccc(Oc2ncc(C(F)(F)F)cc2Cl)cc1)C(=O)Nc1ccccc1F. The van der Waals surface area contributed by atoms with Gasteiger partial charge in [0.2, 0.25) is 5.88 Å². The van der Waals surface area contributed by atoms with Gasteiger partial charge in [-0.1, -0.05) is 23.7 Å². The van der Waals surface area contributed by atoms with Crippen LogP contribution >= 0.6 is 11.6 Å². The van der Waals surface area contributed by atoms with E-state index in [4.69, 9.17) is 21.1 Å². The first-order valence-electron chi connectivity index (χ1n) is 8.86. The highest BCUT2D eigenvalue weighted by Gasteiger charge is 2.31. The van der Waals surface area contributed by atoms with Gasteiger partial charge >= 0.3 is 6.18 Å². The Bertz CT molecular complexity index is 1070. The number of anilines is 1. The number of halogens is 5. The van der Waals surface area contributed by atoms with Gasteiger partial charge in [0.15, 0.2) is 6.10 Å². The quantitative estimate of drug-likeness (QED) is 0.458. The van der Waals surface area contributed by atoms with Gasteiger partial charge in [-0.3, -0.25) is 4.79 Å². The van der Waals surface area contributed by atoms with Crippen LogP contribution in [0.4, 0.5) is 23.2 Å². The first-order chi connectivity index (χ1) is 14.6. The molecule has 162 valence electrons. The van der Waals surface area contributed by atoms with Gasteiger partial charge in [-0.15, -0.1) is 0 Å². The summed E-state index contributed by atoms with van der Waals surface area (Å²) in [4.78, 5) is 15.8. The highest BCUT2D eigenvalue weighted by molar-refractivity contribution is 6.31. The second-order valence-electron chi connectivity index (χ2n) is 6.31. The molecule has 0 saturated heterocycles. The molecule has 0 aliphatic heterocycles. The molecule has 0 aliphatic rings.